The molecule has 13 heavy (non-hydrogen) atoms. The number of hydrogen-bond acceptors (Lipinski definition) is 5. The molecule has 0 saturated carbocycles. The van der Waals surface area contributed by atoms with Crippen LogP contribution in [-0.4, -0.2) is 30.8 Å². The van der Waals surface area contributed by atoms with Gasteiger partial charge in [0.2, 0.25) is 5.88 Å². The third kappa shape index (κ3) is 1.10. The van der Waals surface area contributed by atoms with Crippen LogP contribution in [0.5, 0.6) is 11.9 Å². The fourth-order valence-electron chi connectivity index (χ4n) is 1.16. The topological polar surface area (TPSA) is 86.5 Å². The van der Waals surface area contributed by atoms with Gasteiger partial charge in [0.25, 0.3) is 5.91 Å². The quantitative estimate of drug-likeness (QED) is 0.557. The number of carbonyl (C=O) groups excluding carboxylic acids is 1. The van der Waals surface area contributed by atoms with E-state index in [2.05, 4.69) is 19.4 Å². The Kier molecular flexibility index (Phi) is 1.60. The van der Waals surface area contributed by atoms with Crippen molar-refractivity contribution in [2.75, 3.05) is 0 Å². The predicted molar refractivity (Wildman–Crippen MR) is 44.9 cm³/mol. The van der Waals surface area contributed by atoms with E-state index in [1.807, 2.05) is 0 Å². The molecule has 0 fully saturated rings. The Morgan fingerprint density at radius 1 is 1.38 bits per heavy atom. The molecule has 0 bridgehead atoms. The standard InChI is InChI=1S/C6H6N3O3P/c10-4-2-1-9(13)5(11)3(2)7-6(12)8-4/h1,13H2,(H2,7,8,10,12). The minimum Gasteiger partial charge on any atom is -0.493 e. The molecule has 0 aliphatic carbocycles. The van der Waals surface area contributed by atoms with E-state index in [1.54, 1.807) is 0 Å². The van der Waals surface area contributed by atoms with Crippen molar-refractivity contribution in [3.63, 3.8) is 0 Å². The molecule has 1 amide bonds. The van der Waals surface area contributed by atoms with Crippen molar-refractivity contribution in [1.29, 1.82) is 0 Å². The van der Waals surface area contributed by atoms with E-state index in [4.69, 9.17) is 5.11 Å². The summed E-state index contributed by atoms with van der Waals surface area (Å²) in [7, 11) is 2.20. The molecule has 2 rings (SSSR count). The molecule has 1 atom stereocenters. The van der Waals surface area contributed by atoms with Crippen LogP contribution >= 0.6 is 9.39 Å². The van der Waals surface area contributed by atoms with Crippen molar-refractivity contribution < 1.29 is 15.0 Å². The monoisotopic (exact) mass is 199 g/mol. The molecule has 0 saturated heterocycles. The first-order chi connectivity index (χ1) is 6.09. The third-order valence-corrected chi connectivity index (χ3v) is 2.18. The number of hydrogen-bond donors (Lipinski definition) is 2. The van der Waals surface area contributed by atoms with Crippen LogP contribution in [0.1, 0.15) is 16.1 Å². The van der Waals surface area contributed by atoms with Crippen molar-refractivity contribution in [3.05, 3.63) is 11.3 Å². The Hall–Kier alpha value is -1.42. The lowest BCUT2D eigenvalue weighted by atomic mass is 10.2. The maximum atomic E-state index is 11.3. The molecule has 1 aliphatic heterocycles. The average Bonchev–Trinajstić information content (AvgIpc) is 2.32. The van der Waals surface area contributed by atoms with E-state index in [0.29, 0.717) is 5.56 Å². The molecular formula is C6H6N3O3P. The zero-order chi connectivity index (χ0) is 9.59. The summed E-state index contributed by atoms with van der Waals surface area (Å²) in [6.45, 7) is 0.241. The van der Waals surface area contributed by atoms with E-state index in [0.717, 1.165) is 0 Å². The number of amides is 1. The number of rotatable bonds is 0. The minimum absolute atomic E-state index is 0.0556. The van der Waals surface area contributed by atoms with Crippen molar-refractivity contribution in [1.82, 2.24) is 14.6 Å². The molecule has 6 nitrogen and oxygen atoms in total. The van der Waals surface area contributed by atoms with Gasteiger partial charge in [0.1, 0.15) is 5.69 Å². The number of carbonyl (C=O) groups is 1. The lowest BCUT2D eigenvalue weighted by Gasteiger charge is -2.03. The molecule has 1 aromatic rings. The van der Waals surface area contributed by atoms with Gasteiger partial charge in [-0.2, -0.15) is 9.97 Å². The summed E-state index contributed by atoms with van der Waals surface area (Å²) >= 11 is 0. The Labute approximate surface area is 75.5 Å². The highest BCUT2D eigenvalue weighted by molar-refractivity contribution is 7.14. The first kappa shape index (κ1) is 8.19. The SMILES string of the molecule is O=C1c2nc(O)nc(O)c2CN1P. The summed E-state index contributed by atoms with van der Waals surface area (Å²) in [6, 6.07) is -0.593. The first-order valence-corrected chi connectivity index (χ1v) is 3.96. The normalized spacial score (nSPS) is 14.8. The molecule has 68 valence electrons. The summed E-state index contributed by atoms with van der Waals surface area (Å²) in [4.78, 5) is 18.1. The molecule has 0 radical (unpaired) electrons. The molecular weight excluding hydrogens is 193 g/mol. The maximum Gasteiger partial charge on any atom is 0.317 e. The summed E-state index contributed by atoms with van der Waals surface area (Å²) in [5.41, 5.74) is 0.401. The largest absolute Gasteiger partial charge is 0.493 e. The van der Waals surface area contributed by atoms with Crippen molar-refractivity contribution in [3.8, 4) is 11.9 Å². The second kappa shape index (κ2) is 2.53. The fourth-order valence-corrected chi connectivity index (χ4v) is 1.47. The average molecular weight is 199 g/mol. The third-order valence-electron chi connectivity index (χ3n) is 1.77. The van der Waals surface area contributed by atoms with Gasteiger partial charge in [-0.25, -0.2) is 0 Å². The zero-order valence-electron chi connectivity index (χ0n) is 6.43. The fraction of sp³-hybridized carbons (Fsp3) is 0.167. The van der Waals surface area contributed by atoms with Crippen LogP contribution in [0.25, 0.3) is 0 Å². The van der Waals surface area contributed by atoms with E-state index < -0.39 is 6.01 Å². The molecule has 0 spiro atoms. The van der Waals surface area contributed by atoms with Crippen molar-refractivity contribution in [2.45, 2.75) is 6.54 Å². The molecule has 7 heteroatoms. The van der Waals surface area contributed by atoms with E-state index in [9.17, 15) is 9.90 Å². The number of aromatic hydroxyl groups is 2. The van der Waals surface area contributed by atoms with Gasteiger partial charge in [0.15, 0.2) is 0 Å². The Morgan fingerprint density at radius 3 is 2.77 bits per heavy atom. The van der Waals surface area contributed by atoms with Gasteiger partial charge < -0.3 is 14.9 Å². The molecule has 0 aromatic carbocycles. The van der Waals surface area contributed by atoms with Crippen LogP contribution in [-0.2, 0) is 6.54 Å². The second-order valence-electron chi connectivity index (χ2n) is 2.61. The Balaban J connectivity index is 2.64. The zero-order valence-corrected chi connectivity index (χ0v) is 7.58. The van der Waals surface area contributed by atoms with Crippen LogP contribution < -0.4 is 0 Å². The lowest BCUT2D eigenvalue weighted by molar-refractivity contribution is 0.0883. The summed E-state index contributed by atoms with van der Waals surface area (Å²) in [6.07, 6.45) is 0. The van der Waals surface area contributed by atoms with Gasteiger partial charge in [0.05, 0.1) is 12.1 Å². The number of nitrogens with zero attached hydrogens (tertiary/aromatic N) is 3. The van der Waals surface area contributed by atoms with Crippen LogP contribution in [0, 0.1) is 0 Å². The van der Waals surface area contributed by atoms with Gasteiger partial charge in [-0.15, -0.1) is 0 Å². The Bertz CT molecular complexity index is 395. The molecule has 2 N–H and O–H groups in total. The Morgan fingerprint density at radius 2 is 2.08 bits per heavy atom. The van der Waals surface area contributed by atoms with Crippen molar-refractivity contribution in [2.24, 2.45) is 0 Å². The molecule has 1 aliphatic rings. The van der Waals surface area contributed by atoms with Gasteiger partial charge in [-0.05, 0) is 9.39 Å². The first-order valence-electron chi connectivity index (χ1n) is 3.45. The van der Waals surface area contributed by atoms with Gasteiger partial charge >= 0.3 is 6.01 Å². The van der Waals surface area contributed by atoms with Crippen LogP contribution in [0.15, 0.2) is 0 Å². The summed E-state index contributed by atoms with van der Waals surface area (Å²) in [5, 5.41) is 18.2. The highest BCUT2D eigenvalue weighted by atomic mass is 31.0. The smallest absolute Gasteiger partial charge is 0.317 e. The van der Waals surface area contributed by atoms with Crippen LogP contribution in [0.2, 0.25) is 0 Å². The number of aromatic nitrogens is 2. The lowest BCUT2D eigenvalue weighted by Crippen LogP contribution is -2.11. The van der Waals surface area contributed by atoms with Crippen LogP contribution in [0.3, 0.4) is 0 Å². The van der Waals surface area contributed by atoms with E-state index in [1.165, 1.54) is 4.67 Å². The number of fused-ring (bicyclic) bond motifs is 1. The van der Waals surface area contributed by atoms with E-state index >= 15 is 0 Å². The molecule has 2 heterocycles. The van der Waals surface area contributed by atoms with Crippen LogP contribution in [0.4, 0.5) is 0 Å². The summed E-state index contributed by atoms with van der Waals surface area (Å²) in [5.74, 6) is -0.700. The van der Waals surface area contributed by atoms with Gasteiger partial charge in [-0.3, -0.25) is 4.79 Å². The molecule has 1 aromatic heterocycles. The van der Waals surface area contributed by atoms with Gasteiger partial charge in [0, 0.05) is 0 Å². The van der Waals surface area contributed by atoms with E-state index in [-0.39, 0.29) is 24.0 Å². The summed E-state index contributed by atoms with van der Waals surface area (Å²) < 4.78 is 1.30. The second-order valence-corrected chi connectivity index (χ2v) is 3.23. The minimum atomic E-state index is -0.593. The predicted octanol–water partition coefficient (Wildman–Crippen LogP) is -0.366. The highest BCUT2D eigenvalue weighted by Gasteiger charge is 2.30. The van der Waals surface area contributed by atoms with Crippen molar-refractivity contribution >= 4 is 15.3 Å². The van der Waals surface area contributed by atoms with Gasteiger partial charge in [-0.1, -0.05) is 0 Å². The highest BCUT2D eigenvalue weighted by Crippen LogP contribution is 2.30. The molecule has 1 unspecified atom stereocenters. The maximum absolute atomic E-state index is 11.3.